The first kappa shape index (κ1) is 12.4. The van der Waals surface area contributed by atoms with Gasteiger partial charge in [0.05, 0.1) is 0 Å². The van der Waals surface area contributed by atoms with E-state index in [-0.39, 0.29) is 17.6 Å². The first-order valence-corrected chi connectivity index (χ1v) is 5.88. The van der Waals surface area contributed by atoms with Gasteiger partial charge in [0.2, 0.25) is 0 Å². The summed E-state index contributed by atoms with van der Waals surface area (Å²) in [5, 5.41) is 12.6. The van der Waals surface area contributed by atoms with Gasteiger partial charge in [0.15, 0.2) is 0 Å². The first-order chi connectivity index (χ1) is 8.56. The van der Waals surface area contributed by atoms with E-state index < -0.39 is 0 Å². The molecule has 3 heteroatoms. The number of anilines is 1. The second kappa shape index (κ2) is 5.08. The van der Waals surface area contributed by atoms with Crippen molar-refractivity contribution in [2.24, 2.45) is 0 Å². The van der Waals surface area contributed by atoms with E-state index in [9.17, 15) is 9.50 Å². The lowest BCUT2D eigenvalue weighted by Gasteiger charge is -2.17. The molecule has 2 aromatic carbocycles. The zero-order valence-electron chi connectivity index (χ0n) is 10.4. The summed E-state index contributed by atoms with van der Waals surface area (Å²) in [6, 6.07) is 11.8. The minimum atomic E-state index is -0.227. The summed E-state index contributed by atoms with van der Waals surface area (Å²) in [5.41, 5.74) is 2.86. The Hall–Kier alpha value is -2.03. The number of hydrogen-bond acceptors (Lipinski definition) is 2. The fourth-order valence-electron chi connectivity index (χ4n) is 1.87. The van der Waals surface area contributed by atoms with E-state index in [1.807, 2.05) is 26.0 Å². The normalized spacial score (nSPS) is 12.2. The quantitative estimate of drug-likeness (QED) is 0.856. The zero-order chi connectivity index (χ0) is 13.1. The predicted octanol–water partition coefficient (Wildman–Crippen LogP) is 4.01. The SMILES string of the molecule is Cc1cc(F)ccc1NC(C)c1ccc(O)cc1. The highest BCUT2D eigenvalue weighted by Gasteiger charge is 2.07. The van der Waals surface area contributed by atoms with E-state index in [2.05, 4.69) is 5.32 Å². The molecule has 2 rings (SSSR count). The molecule has 0 amide bonds. The van der Waals surface area contributed by atoms with Crippen LogP contribution in [0.3, 0.4) is 0 Å². The number of nitrogens with one attached hydrogen (secondary N) is 1. The van der Waals surface area contributed by atoms with Crippen molar-refractivity contribution in [2.75, 3.05) is 5.32 Å². The van der Waals surface area contributed by atoms with Crippen molar-refractivity contribution < 1.29 is 9.50 Å². The molecule has 1 atom stereocenters. The molecule has 0 saturated heterocycles. The van der Waals surface area contributed by atoms with Gasteiger partial charge in [-0.2, -0.15) is 0 Å². The topological polar surface area (TPSA) is 32.3 Å². The smallest absolute Gasteiger partial charge is 0.123 e. The van der Waals surface area contributed by atoms with Crippen molar-refractivity contribution >= 4 is 5.69 Å². The molecular formula is C15H16FNO. The van der Waals surface area contributed by atoms with E-state index in [1.54, 1.807) is 18.2 Å². The fourth-order valence-corrected chi connectivity index (χ4v) is 1.87. The number of halogens is 1. The summed E-state index contributed by atoms with van der Waals surface area (Å²) in [7, 11) is 0. The second-order valence-electron chi connectivity index (χ2n) is 4.42. The Kier molecular flexibility index (Phi) is 3.51. The molecule has 94 valence electrons. The van der Waals surface area contributed by atoms with Crippen LogP contribution in [0, 0.1) is 12.7 Å². The first-order valence-electron chi connectivity index (χ1n) is 5.88. The molecule has 0 aliphatic heterocycles. The highest BCUT2D eigenvalue weighted by molar-refractivity contribution is 5.52. The summed E-state index contributed by atoms with van der Waals surface area (Å²) in [4.78, 5) is 0. The highest BCUT2D eigenvalue weighted by Crippen LogP contribution is 2.23. The van der Waals surface area contributed by atoms with Gasteiger partial charge in [0, 0.05) is 11.7 Å². The van der Waals surface area contributed by atoms with Crippen LogP contribution in [0.4, 0.5) is 10.1 Å². The number of phenolic OH excluding ortho intramolecular Hbond substituents is 1. The van der Waals surface area contributed by atoms with Crippen molar-refractivity contribution in [3.05, 3.63) is 59.4 Å². The molecule has 2 nitrogen and oxygen atoms in total. The van der Waals surface area contributed by atoms with Gasteiger partial charge >= 0.3 is 0 Å². The number of aromatic hydroxyl groups is 1. The Labute approximate surface area is 106 Å². The van der Waals surface area contributed by atoms with Crippen LogP contribution in [0.1, 0.15) is 24.1 Å². The summed E-state index contributed by atoms with van der Waals surface area (Å²) < 4.78 is 13.0. The Morgan fingerprint density at radius 3 is 2.39 bits per heavy atom. The third-order valence-corrected chi connectivity index (χ3v) is 2.95. The average Bonchev–Trinajstić information content (AvgIpc) is 2.33. The molecule has 0 bridgehead atoms. The lowest BCUT2D eigenvalue weighted by molar-refractivity contribution is 0.475. The van der Waals surface area contributed by atoms with Gasteiger partial charge in [0.25, 0.3) is 0 Å². The lowest BCUT2D eigenvalue weighted by Crippen LogP contribution is -2.07. The maximum Gasteiger partial charge on any atom is 0.123 e. The maximum atomic E-state index is 13.0. The number of benzene rings is 2. The molecule has 1 unspecified atom stereocenters. The molecule has 2 N–H and O–H groups in total. The van der Waals surface area contributed by atoms with E-state index >= 15 is 0 Å². The molecule has 0 aliphatic carbocycles. The second-order valence-corrected chi connectivity index (χ2v) is 4.42. The van der Waals surface area contributed by atoms with Crippen LogP contribution in [-0.4, -0.2) is 5.11 Å². The molecular weight excluding hydrogens is 229 g/mol. The molecule has 0 radical (unpaired) electrons. The third-order valence-electron chi connectivity index (χ3n) is 2.95. The van der Waals surface area contributed by atoms with Crippen molar-refractivity contribution in [3.8, 4) is 5.75 Å². The molecule has 0 heterocycles. The average molecular weight is 245 g/mol. The van der Waals surface area contributed by atoms with E-state index in [0.717, 1.165) is 16.8 Å². The van der Waals surface area contributed by atoms with Gasteiger partial charge in [-0.05, 0) is 55.3 Å². The molecule has 18 heavy (non-hydrogen) atoms. The molecule has 0 saturated carbocycles. The molecule has 0 aliphatic rings. The van der Waals surface area contributed by atoms with Gasteiger partial charge < -0.3 is 10.4 Å². The van der Waals surface area contributed by atoms with E-state index in [4.69, 9.17) is 0 Å². The third kappa shape index (κ3) is 2.80. The largest absolute Gasteiger partial charge is 0.508 e. The van der Waals surface area contributed by atoms with Crippen molar-refractivity contribution in [2.45, 2.75) is 19.9 Å². The summed E-state index contributed by atoms with van der Waals surface area (Å²) in [6.45, 7) is 3.89. The lowest BCUT2D eigenvalue weighted by atomic mass is 10.1. The monoisotopic (exact) mass is 245 g/mol. The summed E-state index contributed by atoms with van der Waals surface area (Å²) in [5.74, 6) is 0.0271. The minimum Gasteiger partial charge on any atom is -0.508 e. The van der Waals surface area contributed by atoms with Crippen LogP contribution in [0.2, 0.25) is 0 Å². The number of rotatable bonds is 3. The zero-order valence-corrected chi connectivity index (χ0v) is 10.4. The standard InChI is InChI=1S/C15H16FNO/c1-10-9-13(16)5-8-15(10)17-11(2)12-3-6-14(18)7-4-12/h3-9,11,17-18H,1-2H3. The molecule has 0 fully saturated rings. The highest BCUT2D eigenvalue weighted by atomic mass is 19.1. The van der Waals surface area contributed by atoms with Crippen LogP contribution in [0.25, 0.3) is 0 Å². The van der Waals surface area contributed by atoms with Gasteiger partial charge in [-0.25, -0.2) is 4.39 Å². The van der Waals surface area contributed by atoms with E-state index in [0.29, 0.717) is 0 Å². The Balaban J connectivity index is 2.15. The number of phenols is 1. The van der Waals surface area contributed by atoms with Crippen LogP contribution < -0.4 is 5.32 Å². The van der Waals surface area contributed by atoms with Gasteiger partial charge in [-0.1, -0.05) is 12.1 Å². The predicted molar refractivity (Wildman–Crippen MR) is 71.3 cm³/mol. The Bertz CT molecular complexity index is 537. The van der Waals surface area contributed by atoms with Crippen LogP contribution >= 0.6 is 0 Å². The summed E-state index contributed by atoms with van der Waals surface area (Å²) >= 11 is 0. The van der Waals surface area contributed by atoms with Gasteiger partial charge in [-0.3, -0.25) is 0 Å². The van der Waals surface area contributed by atoms with Gasteiger partial charge in [-0.15, -0.1) is 0 Å². The molecule has 0 spiro atoms. The number of aryl methyl sites for hydroxylation is 1. The van der Waals surface area contributed by atoms with Crippen molar-refractivity contribution in [1.29, 1.82) is 0 Å². The van der Waals surface area contributed by atoms with Crippen molar-refractivity contribution in [1.82, 2.24) is 0 Å². The Morgan fingerprint density at radius 2 is 1.78 bits per heavy atom. The molecule has 0 aromatic heterocycles. The van der Waals surface area contributed by atoms with E-state index in [1.165, 1.54) is 12.1 Å². The van der Waals surface area contributed by atoms with Gasteiger partial charge in [0.1, 0.15) is 11.6 Å². The van der Waals surface area contributed by atoms with Crippen LogP contribution in [0.5, 0.6) is 5.75 Å². The number of hydrogen-bond donors (Lipinski definition) is 2. The minimum absolute atomic E-state index is 0.0924. The van der Waals surface area contributed by atoms with Crippen LogP contribution in [-0.2, 0) is 0 Å². The maximum absolute atomic E-state index is 13.0. The fraction of sp³-hybridized carbons (Fsp3) is 0.200. The van der Waals surface area contributed by atoms with Crippen LogP contribution in [0.15, 0.2) is 42.5 Å². The Morgan fingerprint density at radius 1 is 1.11 bits per heavy atom. The summed E-state index contributed by atoms with van der Waals surface area (Å²) in [6.07, 6.45) is 0. The van der Waals surface area contributed by atoms with Crippen molar-refractivity contribution in [3.63, 3.8) is 0 Å². The molecule has 2 aromatic rings.